The van der Waals surface area contributed by atoms with Crippen LogP contribution in [-0.4, -0.2) is 41.7 Å². The Morgan fingerprint density at radius 3 is 2.63 bits per heavy atom. The van der Waals surface area contributed by atoms with Gasteiger partial charge in [-0.2, -0.15) is 11.8 Å². The molecule has 0 aliphatic rings. The second kappa shape index (κ2) is 10.5. The van der Waals surface area contributed by atoms with E-state index in [4.69, 9.17) is 5.73 Å². The van der Waals surface area contributed by atoms with Crippen LogP contribution in [0.25, 0.3) is 0 Å². The van der Waals surface area contributed by atoms with Crippen molar-refractivity contribution in [3.05, 3.63) is 0 Å². The summed E-state index contributed by atoms with van der Waals surface area (Å²) in [7, 11) is 0. The van der Waals surface area contributed by atoms with Crippen LogP contribution in [0.5, 0.6) is 0 Å². The summed E-state index contributed by atoms with van der Waals surface area (Å²) in [5.74, 6) is 1.20. The van der Waals surface area contributed by atoms with Crippen LogP contribution in [0.1, 0.15) is 46.0 Å². The zero-order valence-corrected chi connectivity index (χ0v) is 13.4. The Kier molecular flexibility index (Phi) is 10.4. The molecule has 19 heavy (non-hydrogen) atoms. The lowest BCUT2D eigenvalue weighted by molar-refractivity contribution is -0.122. The van der Waals surface area contributed by atoms with E-state index < -0.39 is 5.60 Å². The van der Waals surface area contributed by atoms with Gasteiger partial charge in [-0.25, -0.2) is 0 Å². The fraction of sp³-hybridized carbons (Fsp3) is 0.929. The second-order valence-electron chi connectivity index (χ2n) is 5.48. The minimum Gasteiger partial charge on any atom is -0.387 e. The monoisotopic (exact) mass is 290 g/mol. The molecule has 0 saturated heterocycles. The summed E-state index contributed by atoms with van der Waals surface area (Å²) in [5, 5.41) is 12.8. The number of rotatable bonds is 11. The Bertz CT molecular complexity index is 242. The summed E-state index contributed by atoms with van der Waals surface area (Å²) in [5.41, 5.74) is 4.75. The standard InChI is InChI=1S/C14H30N2O2S/c1-4-5-12(8-9-15)6-7-13(17)16-10-14(2,18)11-19-3/h12,18H,4-11,15H2,1-3H3,(H,16,17). The van der Waals surface area contributed by atoms with Crippen LogP contribution in [0.2, 0.25) is 0 Å². The molecule has 0 bridgehead atoms. The number of hydrogen-bond donors (Lipinski definition) is 3. The molecule has 114 valence electrons. The Labute approximate surface area is 121 Å². The van der Waals surface area contributed by atoms with Crippen molar-refractivity contribution in [2.75, 3.05) is 25.1 Å². The van der Waals surface area contributed by atoms with Gasteiger partial charge >= 0.3 is 0 Å². The van der Waals surface area contributed by atoms with Crippen LogP contribution in [0.4, 0.5) is 0 Å². The van der Waals surface area contributed by atoms with Crippen molar-refractivity contribution in [1.82, 2.24) is 5.32 Å². The van der Waals surface area contributed by atoms with Gasteiger partial charge in [0, 0.05) is 18.7 Å². The minimum absolute atomic E-state index is 0.0273. The van der Waals surface area contributed by atoms with Gasteiger partial charge in [0.15, 0.2) is 0 Å². The van der Waals surface area contributed by atoms with Crippen molar-refractivity contribution >= 4 is 17.7 Å². The van der Waals surface area contributed by atoms with Gasteiger partial charge in [-0.15, -0.1) is 0 Å². The van der Waals surface area contributed by atoms with Gasteiger partial charge in [-0.05, 0) is 38.5 Å². The van der Waals surface area contributed by atoms with E-state index in [0.29, 0.717) is 31.2 Å². The number of thioether (sulfide) groups is 1. The fourth-order valence-corrected chi connectivity index (χ4v) is 2.88. The zero-order valence-electron chi connectivity index (χ0n) is 12.6. The molecule has 0 aromatic carbocycles. The van der Waals surface area contributed by atoms with Crippen LogP contribution >= 0.6 is 11.8 Å². The highest BCUT2D eigenvalue weighted by Gasteiger charge is 2.20. The lowest BCUT2D eigenvalue weighted by Gasteiger charge is -2.22. The van der Waals surface area contributed by atoms with Crippen molar-refractivity contribution in [2.24, 2.45) is 11.7 Å². The van der Waals surface area contributed by atoms with E-state index in [1.165, 1.54) is 0 Å². The van der Waals surface area contributed by atoms with Gasteiger partial charge in [-0.3, -0.25) is 4.79 Å². The molecule has 4 nitrogen and oxygen atoms in total. The van der Waals surface area contributed by atoms with E-state index in [-0.39, 0.29) is 5.91 Å². The number of hydrogen-bond acceptors (Lipinski definition) is 4. The largest absolute Gasteiger partial charge is 0.387 e. The maximum absolute atomic E-state index is 11.7. The highest BCUT2D eigenvalue weighted by atomic mass is 32.2. The number of amides is 1. The van der Waals surface area contributed by atoms with Gasteiger partial charge in [0.05, 0.1) is 5.60 Å². The maximum atomic E-state index is 11.7. The number of carbonyl (C=O) groups excluding carboxylic acids is 1. The number of carbonyl (C=O) groups is 1. The summed E-state index contributed by atoms with van der Waals surface area (Å²) >= 11 is 1.58. The molecule has 2 atom stereocenters. The van der Waals surface area contributed by atoms with E-state index in [1.807, 2.05) is 6.26 Å². The first-order valence-corrected chi connectivity index (χ1v) is 8.52. The summed E-state index contributed by atoms with van der Waals surface area (Å²) in [6.45, 7) is 4.91. The molecular formula is C14H30N2O2S. The molecule has 0 aromatic heterocycles. The van der Waals surface area contributed by atoms with E-state index >= 15 is 0 Å². The van der Waals surface area contributed by atoms with E-state index in [9.17, 15) is 9.90 Å². The average Bonchev–Trinajstić information content (AvgIpc) is 2.34. The SMILES string of the molecule is CCCC(CCN)CCC(=O)NCC(C)(O)CSC. The Morgan fingerprint density at radius 1 is 1.42 bits per heavy atom. The highest BCUT2D eigenvalue weighted by Crippen LogP contribution is 2.17. The Balaban J connectivity index is 3.90. The van der Waals surface area contributed by atoms with Crippen LogP contribution < -0.4 is 11.1 Å². The predicted molar refractivity (Wildman–Crippen MR) is 83.3 cm³/mol. The average molecular weight is 290 g/mol. The first-order chi connectivity index (χ1) is 8.95. The topological polar surface area (TPSA) is 75.4 Å². The first-order valence-electron chi connectivity index (χ1n) is 7.13. The van der Waals surface area contributed by atoms with Gasteiger partial charge in [0.2, 0.25) is 5.91 Å². The molecule has 0 heterocycles. The number of nitrogens with two attached hydrogens (primary N) is 1. The summed E-state index contributed by atoms with van der Waals surface area (Å²) in [4.78, 5) is 11.7. The molecule has 5 heteroatoms. The summed E-state index contributed by atoms with van der Waals surface area (Å²) in [6.07, 6.45) is 6.62. The number of nitrogens with one attached hydrogen (secondary N) is 1. The van der Waals surface area contributed by atoms with Crippen LogP contribution in [0.15, 0.2) is 0 Å². The second-order valence-corrected chi connectivity index (χ2v) is 6.34. The van der Waals surface area contributed by atoms with Gasteiger partial charge in [-0.1, -0.05) is 19.8 Å². The van der Waals surface area contributed by atoms with Gasteiger partial charge in [0.1, 0.15) is 0 Å². The van der Waals surface area contributed by atoms with Crippen LogP contribution in [0.3, 0.4) is 0 Å². The number of aliphatic hydroxyl groups is 1. The smallest absolute Gasteiger partial charge is 0.220 e. The third-order valence-electron chi connectivity index (χ3n) is 3.17. The quantitative estimate of drug-likeness (QED) is 0.542. The molecule has 0 fully saturated rings. The third-order valence-corrected chi connectivity index (χ3v) is 4.08. The molecule has 0 radical (unpaired) electrons. The molecule has 0 saturated carbocycles. The maximum Gasteiger partial charge on any atom is 0.220 e. The van der Waals surface area contributed by atoms with Crippen molar-refractivity contribution in [1.29, 1.82) is 0 Å². The zero-order chi connectivity index (χ0) is 14.7. The van der Waals surface area contributed by atoms with E-state index in [1.54, 1.807) is 18.7 Å². The van der Waals surface area contributed by atoms with E-state index in [0.717, 1.165) is 25.7 Å². The molecule has 1 amide bonds. The van der Waals surface area contributed by atoms with Crippen molar-refractivity contribution in [3.63, 3.8) is 0 Å². The Hall–Kier alpha value is -0.260. The highest BCUT2D eigenvalue weighted by molar-refractivity contribution is 7.98. The van der Waals surface area contributed by atoms with Crippen molar-refractivity contribution < 1.29 is 9.90 Å². The molecule has 0 spiro atoms. The van der Waals surface area contributed by atoms with Gasteiger partial charge in [0.25, 0.3) is 0 Å². The molecule has 0 rings (SSSR count). The fourth-order valence-electron chi connectivity index (χ4n) is 2.15. The summed E-state index contributed by atoms with van der Waals surface area (Å²) in [6, 6.07) is 0. The first kappa shape index (κ1) is 18.7. The summed E-state index contributed by atoms with van der Waals surface area (Å²) < 4.78 is 0. The molecule has 0 aliphatic carbocycles. The molecule has 0 aliphatic heterocycles. The normalized spacial score (nSPS) is 15.8. The lowest BCUT2D eigenvalue weighted by atomic mass is 9.94. The third kappa shape index (κ3) is 10.2. The predicted octanol–water partition coefficient (Wildman–Crippen LogP) is 1.76. The molecule has 4 N–H and O–H groups in total. The van der Waals surface area contributed by atoms with Crippen LogP contribution in [0, 0.1) is 5.92 Å². The Morgan fingerprint density at radius 2 is 2.11 bits per heavy atom. The van der Waals surface area contributed by atoms with Crippen molar-refractivity contribution in [3.8, 4) is 0 Å². The van der Waals surface area contributed by atoms with Crippen LogP contribution in [-0.2, 0) is 4.79 Å². The van der Waals surface area contributed by atoms with E-state index in [2.05, 4.69) is 12.2 Å². The van der Waals surface area contributed by atoms with Crippen molar-refractivity contribution in [2.45, 2.75) is 51.6 Å². The lowest BCUT2D eigenvalue weighted by Crippen LogP contribution is -2.42. The minimum atomic E-state index is -0.824. The molecule has 0 aromatic rings. The van der Waals surface area contributed by atoms with Gasteiger partial charge < -0.3 is 16.2 Å². The molecular weight excluding hydrogens is 260 g/mol. The molecule has 2 unspecified atom stereocenters.